The minimum atomic E-state index is -1.46. The van der Waals surface area contributed by atoms with Crippen LogP contribution in [0.4, 0.5) is 9.59 Å². The van der Waals surface area contributed by atoms with Crippen molar-refractivity contribution in [2.75, 3.05) is 19.7 Å². The van der Waals surface area contributed by atoms with Gasteiger partial charge in [0, 0.05) is 19.1 Å². The fourth-order valence-corrected chi connectivity index (χ4v) is 3.29. The van der Waals surface area contributed by atoms with Crippen molar-refractivity contribution < 1.29 is 39.2 Å². The van der Waals surface area contributed by atoms with Crippen molar-refractivity contribution in [1.29, 1.82) is 0 Å². The molecule has 0 aromatic carbocycles. The van der Waals surface area contributed by atoms with Gasteiger partial charge in [0.2, 0.25) is 5.76 Å². The largest absolute Gasteiger partial charge is 0.477 e. The fraction of sp³-hybridized carbons (Fsp3) is 0.684. The smallest absolute Gasteiger partial charge is 0.407 e. The summed E-state index contributed by atoms with van der Waals surface area (Å²) in [7, 11) is 0. The van der Waals surface area contributed by atoms with E-state index < -0.39 is 66.7 Å². The maximum Gasteiger partial charge on any atom is 0.407 e. The molecular weight excluding hydrogens is 440 g/mol. The molecule has 2 amide bonds. The van der Waals surface area contributed by atoms with Gasteiger partial charge in [0.05, 0.1) is 12.1 Å². The minimum absolute atomic E-state index is 0.322. The van der Waals surface area contributed by atoms with E-state index in [1.54, 1.807) is 0 Å². The molecule has 0 spiro atoms. The lowest BCUT2D eigenvalue weighted by atomic mass is 9.89. The monoisotopic (exact) mass is 474 g/mol. The second-order valence-electron chi connectivity index (χ2n) is 7.60. The summed E-state index contributed by atoms with van der Waals surface area (Å²) in [4.78, 5) is 39.2. The number of carboxylic acids is 1. The molecule has 1 heterocycles. The number of nitrogens with one attached hydrogen (secondary N) is 2. The van der Waals surface area contributed by atoms with Crippen LogP contribution in [0.25, 0.3) is 0 Å². The zero-order valence-corrected chi connectivity index (χ0v) is 18.5. The Bertz CT molecular complexity index is 727. The summed E-state index contributed by atoms with van der Waals surface area (Å²) in [6.07, 6.45) is -0.502. The number of carbonyl (C=O) groups excluding carboxylic acids is 1. The Morgan fingerprint density at radius 1 is 1.21 bits per heavy atom. The zero-order valence-electron chi connectivity index (χ0n) is 18.5. The van der Waals surface area contributed by atoms with E-state index >= 15 is 0 Å². The average molecular weight is 475 g/mol. The van der Waals surface area contributed by atoms with Gasteiger partial charge in [-0.3, -0.25) is 0 Å². The molecule has 188 valence electrons. The Balaban J connectivity index is 3.11. The van der Waals surface area contributed by atoms with Gasteiger partial charge in [0.1, 0.15) is 6.10 Å². The number of nitrogens with zero attached hydrogens (tertiary/aromatic N) is 1. The Morgan fingerprint density at radius 2 is 1.88 bits per heavy atom. The Hall–Kier alpha value is -3.26. The summed E-state index contributed by atoms with van der Waals surface area (Å²) < 4.78 is 10.9. The van der Waals surface area contributed by atoms with Crippen LogP contribution in [0.3, 0.4) is 0 Å². The topological polar surface area (TPSA) is 245 Å². The van der Waals surface area contributed by atoms with Crippen molar-refractivity contribution in [1.82, 2.24) is 10.6 Å². The normalized spacial score (nSPS) is 21.5. The first kappa shape index (κ1) is 27.8. The van der Waals surface area contributed by atoms with E-state index in [1.165, 1.54) is 6.92 Å². The summed E-state index contributed by atoms with van der Waals surface area (Å²) in [5.41, 5.74) is 16.3. The number of aliphatic imine (C=N–C) groups is 1. The second kappa shape index (κ2) is 14.0. The number of carbonyl (C=O) groups is 3. The lowest BCUT2D eigenvalue weighted by molar-refractivity contribution is -0.142. The lowest BCUT2D eigenvalue weighted by Gasteiger charge is -2.40. The quantitative estimate of drug-likeness (QED) is 0.0901. The Labute approximate surface area is 191 Å². The fourth-order valence-electron chi connectivity index (χ4n) is 3.29. The first-order chi connectivity index (χ1) is 15.6. The first-order valence-corrected chi connectivity index (χ1v) is 10.6. The Morgan fingerprint density at radius 3 is 2.42 bits per heavy atom. The molecule has 1 rings (SSSR count). The molecule has 0 bridgehead atoms. The third-order valence-electron chi connectivity index (χ3n) is 4.92. The maximum absolute atomic E-state index is 12.4. The van der Waals surface area contributed by atoms with Crippen LogP contribution >= 0.6 is 0 Å². The minimum Gasteiger partial charge on any atom is -0.477 e. The number of hydrogen-bond donors (Lipinski definition) is 8. The van der Waals surface area contributed by atoms with E-state index in [1.807, 2.05) is 0 Å². The van der Waals surface area contributed by atoms with Gasteiger partial charge < -0.3 is 52.6 Å². The molecule has 1 aliphatic rings. The van der Waals surface area contributed by atoms with Crippen molar-refractivity contribution in [3.05, 3.63) is 11.8 Å². The SMILES string of the molecule is C[C@H](CO)[C@@H](OC(=O)NCCCCCCN)[C@@H]1OC(C(=O)O)=C[C@H](N=C(N)N)[C@H]1NC(=O)O. The molecule has 0 saturated carbocycles. The molecule has 0 aromatic heterocycles. The van der Waals surface area contributed by atoms with Gasteiger partial charge in [-0.2, -0.15) is 0 Å². The van der Waals surface area contributed by atoms with Gasteiger partial charge in [0.25, 0.3) is 0 Å². The van der Waals surface area contributed by atoms with E-state index in [4.69, 9.17) is 26.7 Å². The predicted octanol–water partition coefficient (Wildman–Crippen LogP) is -1.13. The van der Waals surface area contributed by atoms with Crippen LogP contribution in [-0.2, 0) is 14.3 Å². The summed E-state index contributed by atoms with van der Waals surface area (Å²) in [6.45, 7) is 1.98. The summed E-state index contributed by atoms with van der Waals surface area (Å²) >= 11 is 0. The number of guanidine groups is 1. The standard InChI is InChI=1S/C19H34N6O8/c1-10(9-26)14(33-19(31)23-7-5-3-2-4-6-20)15-13(25-18(29)30)11(24-17(21)22)8-12(32-15)16(27)28/h8,10-11,13-15,25-26H,2-7,9,20H2,1H3,(H,23,31)(H,27,28)(H,29,30)(H4,21,22,24)/t10-,11+,13-,14-,15-/m1/s1. The molecule has 1 aliphatic heterocycles. The predicted molar refractivity (Wildman–Crippen MR) is 117 cm³/mol. The number of aliphatic carboxylic acids is 1. The molecule has 33 heavy (non-hydrogen) atoms. The van der Waals surface area contributed by atoms with Gasteiger partial charge in [-0.25, -0.2) is 19.4 Å². The zero-order chi connectivity index (χ0) is 25.0. The number of aliphatic hydroxyl groups is 1. The third kappa shape index (κ3) is 9.41. The molecule has 0 radical (unpaired) electrons. The van der Waals surface area contributed by atoms with E-state index in [9.17, 15) is 29.7 Å². The van der Waals surface area contributed by atoms with Crippen LogP contribution in [0.15, 0.2) is 16.8 Å². The van der Waals surface area contributed by atoms with Gasteiger partial charge in [-0.15, -0.1) is 0 Å². The molecule has 14 nitrogen and oxygen atoms in total. The van der Waals surface area contributed by atoms with Crippen molar-refractivity contribution >= 4 is 24.1 Å². The van der Waals surface area contributed by atoms with E-state index in [0.29, 0.717) is 19.5 Å². The van der Waals surface area contributed by atoms with Crippen LogP contribution in [-0.4, -0.2) is 83.4 Å². The molecule has 0 aliphatic carbocycles. The van der Waals surface area contributed by atoms with Gasteiger partial charge >= 0.3 is 18.2 Å². The molecule has 14 heteroatoms. The number of carboxylic acid groups (broad SMARTS) is 2. The van der Waals surface area contributed by atoms with E-state index in [-0.39, 0.29) is 0 Å². The van der Waals surface area contributed by atoms with Crippen LogP contribution in [0.5, 0.6) is 0 Å². The number of amides is 2. The molecular formula is C19H34N6O8. The first-order valence-electron chi connectivity index (χ1n) is 10.6. The molecule has 11 N–H and O–H groups in total. The average Bonchev–Trinajstić information content (AvgIpc) is 2.74. The highest BCUT2D eigenvalue weighted by molar-refractivity contribution is 5.85. The molecule has 0 saturated heterocycles. The number of hydrogen-bond acceptors (Lipinski definition) is 8. The third-order valence-corrected chi connectivity index (χ3v) is 4.92. The van der Waals surface area contributed by atoms with Gasteiger partial charge in [-0.05, 0) is 25.5 Å². The number of alkyl carbamates (subject to hydrolysis) is 1. The van der Waals surface area contributed by atoms with Crippen LogP contribution < -0.4 is 27.8 Å². The molecule has 0 unspecified atom stereocenters. The van der Waals surface area contributed by atoms with E-state index in [2.05, 4.69) is 15.6 Å². The number of nitrogens with two attached hydrogens (primary N) is 3. The number of unbranched alkanes of at least 4 members (excludes halogenated alkanes) is 3. The number of aliphatic hydroxyl groups excluding tert-OH is 1. The second-order valence-corrected chi connectivity index (χ2v) is 7.60. The summed E-state index contributed by atoms with van der Waals surface area (Å²) in [5.74, 6) is -3.19. The highest BCUT2D eigenvalue weighted by Gasteiger charge is 2.46. The Kier molecular flexibility index (Phi) is 11.8. The maximum atomic E-state index is 12.4. The van der Waals surface area contributed by atoms with Crippen molar-refractivity contribution in [3.63, 3.8) is 0 Å². The number of rotatable bonds is 13. The highest BCUT2D eigenvalue weighted by atomic mass is 16.6. The lowest BCUT2D eigenvalue weighted by Crippen LogP contribution is -2.60. The highest BCUT2D eigenvalue weighted by Crippen LogP contribution is 2.28. The van der Waals surface area contributed by atoms with Gasteiger partial charge in [0.15, 0.2) is 12.1 Å². The summed E-state index contributed by atoms with van der Waals surface area (Å²) in [6, 6.07) is -2.39. The molecule has 0 fully saturated rings. The molecule has 5 atom stereocenters. The van der Waals surface area contributed by atoms with Crippen molar-refractivity contribution in [2.24, 2.45) is 28.1 Å². The van der Waals surface area contributed by atoms with Crippen LogP contribution in [0.2, 0.25) is 0 Å². The van der Waals surface area contributed by atoms with Crippen LogP contribution in [0, 0.1) is 5.92 Å². The van der Waals surface area contributed by atoms with Crippen molar-refractivity contribution in [2.45, 2.75) is 56.9 Å². The molecule has 0 aromatic rings. The van der Waals surface area contributed by atoms with E-state index in [0.717, 1.165) is 25.3 Å². The van der Waals surface area contributed by atoms with Crippen LogP contribution in [0.1, 0.15) is 32.6 Å². The summed E-state index contributed by atoms with van der Waals surface area (Å²) in [5, 5.41) is 33.2. The van der Waals surface area contributed by atoms with Crippen molar-refractivity contribution in [3.8, 4) is 0 Å². The number of ether oxygens (including phenoxy) is 2. The van der Waals surface area contributed by atoms with Gasteiger partial charge in [-0.1, -0.05) is 19.8 Å².